The summed E-state index contributed by atoms with van der Waals surface area (Å²) in [6, 6.07) is 9.14. The van der Waals surface area contributed by atoms with Crippen LogP contribution >= 0.6 is 23.2 Å². The van der Waals surface area contributed by atoms with Crippen molar-refractivity contribution in [3.8, 4) is 0 Å². The molecule has 0 spiro atoms. The Morgan fingerprint density at radius 2 is 1.92 bits per heavy atom. The lowest BCUT2D eigenvalue weighted by molar-refractivity contribution is -0.384. The highest BCUT2D eigenvalue weighted by Crippen LogP contribution is 2.25. The van der Waals surface area contributed by atoms with E-state index < -0.39 is 10.8 Å². The highest BCUT2D eigenvalue weighted by molar-refractivity contribution is 6.35. The number of hydrogen-bond donors (Lipinski definition) is 1. The number of nitro groups is 1. The van der Waals surface area contributed by atoms with Gasteiger partial charge in [-0.2, -0.15) is 0 Å². The molecule has 0 unspecified atom stereocenters. The van der Waals surface area contributed by atoms with Gasteiger partial charge in [-0.3, -0.25) is 14.9 Å². The van der Waals surface area contributed by atoms with Gasteiger partial charge in [0, 0.05) is 48.5 Å². The van der Waals surface area contributed by atoms with Crippen molar-refractivity contribution < 1.29 is 9.72 Å². The molecule has 1 amide bonds. The summed E-state index contributed by atoms with van der Waals surface area (Å²) in [6.45, 7) is 0.185. The second kappa shape index (κ2) is 7.51. The zero-order valence-corrected chi connectivity index (χ0v) is 14.6. The Bertz CT molecular complexity index is 794. The molecule has 1 N–H and O–H groups in total. The van der Waals surface area contributed by atoms with E-state index in [1.807, 2.05) is 0 Å². The molecule has 0 aromatic heterocycles. The molecule has 126 valence electrons. The maximum atomic E-state index is 12.5. The molecule has 24 heavy (non-hydrogen) atoms. The predicted molar refractivity (Wildman–Crippen MR) is 95.1 cm³/mol. The minimum Gasteiger partial charge on any atom is -0.377 e. The number of carbonyl (C=O) groups excluding carboxylic acids is 1. The number of halogens is 2. The van der Waals surface area contributed by atoms with Gasteiger partial charge in [-0.25, -0.2) is 0 Å². The molecule has 0 saturated heterocycles. The van der Waals surface area contributed by atoms with Crippen molar-refractivity contribution in [2.75, 3.05) is 19.0 Å². The van der Waals surface area contributed by atoms with Gasteiger partial charge in [0.15, 0.2) is 0 Å². The molecule has 2 aromatic carbocycles. The van der Waals surface area contributed by atoms with E-state index >= 15 is 0 Å². The van der Waals surface area contributed by atoms with E-state index in [4.69, 9.17) is 23.2 Å². The molecule has 0 saturated carbocycles. The van der Waals surface area contributed by atoms with Gasteiger partial charge in [-0.05, 0) is 23.8 Å². The van der Waals surface area contributed by atoms with Crippen LogP contribution in [-0.4, -0.2) is 24.9 Å². The molecule has 0 aliphatic heterocycles. The van der Waals surface area contributed by atoms with Crippen LogP contribution in [0.15, 0.2) is 36.4 Å². The number of amides is 1. The van der Waals surface area contributed by atoms with E-state index in [0.29, 0.717) is 21.3 Å². The number of rotatable bonds is 5. The summed E-state index contributed by atoms with van der Waals surface area (Å²) in [4.78, 5) is 24.6. The van der Waals surface area contributed by atoms with Crippen molar-refractivity contribution in [1.82, 2.24) is 5.32 Å². The van der Waals surface area contributed by atoms with Crippen LogP contribution in [0, 0.1) is 10.1 Å². The van der Waals surface area contributed by atoms with Crippen molar-refractivity contribution in [3.63, 3.8) is 0 Å². The van der Waals surface area contributed by atoms with Crippen molar-refractivity contribution in [3.05, 3.63) is 67.7 Å². The third-order valence-electron chi connectivity index (χ3n) is 3.37. The first-order valence-electron chi connectivity index (χ1n) is 6.97. The number of hydrogen-bond acceptors (Lipinski definition) is 4. The number of nitrogens with one attached hydrogen (secondary N) is 1. The summed E-state index contributed by atoms with van der Waals surface area (Å²) in [5.74, 6) is -0.423. The minimum atomic E-state index is -0.535. The maximum Gasteiger partial charge on any atom is 0.270 e. The quantitative estimate of drug-likeness (QED) is 0.642. The second-order valence-corrected chi connectivity index (χ2v) is 6.12. The minimum absolute atomic E-state index is 0.143. The van der Waals surface area contributed by atoms with Crippen LogP contribution in [0.5, 0.6) is 0 Å². The molecular weight excluding hydrogens is 353 g/mol. The van der Waals surface area contributed by atoms with Crippen molar-refractivity contribution in [1.29, 1.82) is 0 Å². The molecule has 0 heterocycles. The summed E-state index contributed by atoms with van der Waals surface area (Å²) in [5.41, 5.74) is 1.36. The molecule has 0 radical (unpaired) electrons. The van der Waals surface area contributed by atoms with Crippen LogP contribution in [0.2, 0.25) is 10.0 Å². The van der Waals surface area contributed by atoms with Crippen LogP contribution in [0.3, 0.4) is 0 Å². The van der Waals surface area contributed by atoms with Crippen LogP contribution in [0.4, 0.5) is 11.4 Å². The molecule has 0 fully saturated rings. The average molecular weight is 368 g/mol. The fraction of sp³-hybridized carbons (Fsp3) is 0.188. The monoisotopic (exact) mass is 367 g/mol. The smallest absolute Gasteiger partial charge is 0.270 e. The Kier molecular flexibility index (Phi) is 5.64. The Labute approximate surface area is 149 Å². The van der Waals surface area contributed by atoms with Gasteiger partial charge >= 0.3 is 0 Å². The Hall–Kier alpha value is -2.31. The summed E-state index contributed by atoms with van der Waals surface area (Å²) in [7, 11) is 3.52. The zero-order chi connectivity index (χ0) is 17.9. The lowest BCUT2D eigenvalue weighted by atomic mass is 10.1. The van der Waals surface area contributed by atoms with Crippen LogP contribution in [-0.2, 0) is 6.54 Å². The molecule has 0 aliphatic rings. The lowest BCUT2D eigenvalue weighted by Crippen LogP contribution is -2.25. The molecule has 2 rings (SSSR count). The van der Waals surface area contributed by atoms with Crippen molar-refractivity contribution >= 4 is 40.5 Å². The highest BCUT2D eigenvalue weighted by atomic mass is 35.5. The average Bonchev–Trinajstić information content (AvgIpc) is 2.53. The van der Waals surface area contributed by atoms with Gasteiger partial charge in [0.25, 0.3) is 11.6 Å². The number of carbonyl (C=O) groups is 1. The first-order valence-corrected chi connectivity index (χ1v) is 7.73. The summed E-state index contributed by atoms with van der Waals surface area (Å²) in [6.07, 6.45) is 0. The van der Waals surface area contributed by atoms with Gasteiger partial charge in [-0.1, -0.05) is 29.3 Å². The number of benzene rings is 2. The van der Waals surface area contributed by atoms with Crippen LogP contribution < -0.4 is 10.2 Å². The highest BCUT2D eigenvalue weighted by Gasteiger charge is 2.18. The van der Waals surface area contributed by atoms with Crippen LogP contribution in [0.25, 0.3) is 0 Å². The topological polar surface area (TPSA) is 75.5 Å². The van der Waals surface area contributed by atoms with E-state index in [9.17, 15) is 14.9 Å². The first kappa shape index (κ1) is 18.0. The lowest BCUT2D eigenvalue weighted by Gasteiger charge is -2.17. The summed E-state index contributed by atoms with van der Waals surface area (Å²) in [5, 5.41) is 14.6. The van der Waals surface area contributed by atoms with E-state index in [1.165, 1.54) is 12.1 Å². The van der Waals surface area contributed by atoms with Gasteiger partial charge in [-0.15, -0.1) is 0 Å². The Morgan fingerprint density at radius 1 is 1.21 bits per heavy atom. The SMILES string of the molecule is CN(C)c1ccc([N+](=O)[O-])cc1C(=O)NCc1ccc(Cl)cc1Cl. The maximum absolute atomic E-state index is 12.5. The number of non-ortho nitro benzene ring substituents is 1. The van der Waals surface area contributed by atoms with Crippen LogP contribution in [0.1, 0.15) is 15.9 Å². The zero-order valence-electron chi connectivity index (χ0n) is 13.0. The largest absolute Gasteiger partial charge is 0.377 e. The van der Waals surface area contributed by atoms with E-state index in [1.54, 1.807) is 43.3 Å². The summed E-state index contributed by atoms with van der Waals surface area (Å²) >= 11 is 11.9. The molecule has 6 nitrogen and oxygen atoms in total. The van der Waals surface area contributed by atoms with Crippen molar-refractivity contribution in [2.24, 2.45) is 0 Å². The molecule has 0 bridgehead atoms. The number of nitrogens with zero attached hydrogens (tertiary/aromatic N) is 2. The first-order chi connectivity index (χ1) is 11.3. The van der Waals surface area contributed by atoms with Gasteiger partial charge in [0.2, 0.25) is 0 Å². The third-order valence-corrected chi connectivity index (χ3v) is 3.96. The van der Waals surface area contributed by atoms with Crippen molar-refractivity contribution in [2.45, 2.75) is 6.54 Å². The number of anilines is 1. The van der Waals surface area contributed by atoms with E-state index in [-0.39, 0.29) is 17.8 Å². The Morgan fingerprint density at radius 3 is 2.50 bits per heavy atom. The normalized spacial score (nSPS) is 10.3. The van der Waals surface area contributed by atoms with E-state index in [0.717, 1.165) is 0 Å². The molecule has 8 heteroatoms. The van der Waals surface area contributed by atoms with Gasteiger partial charge < -0.3 is 10.2 Å². The predicted octanol–water partition coefficient (Wildman–Crippen LogP) is 3.90. The van der Waals surface area contributed by atoms with E-state index in [2.05, 4.69) is 5.32 Å². The number of nitro benzene ring substituents is 1. The van der Waals surface area contributed by atoms with Gasteiger partial charge in [0.1, 0.15) is 0 Å². The molecular formula is C16H15Cl2N3O3. The summed E-state index contributed by atoms with van der Waals surface area (Å²) < 4.78 is 0. The second-order valence-electron chi connectivity index (χ2n) is 5.27. The van der Waals surface area contributed by atoms with Gasteiger partial charge in [0.05, 0.1) is 10.5 Å². The fourth-order valence-electron chi connectivity index (χ4n) is 2.15. The standard InChI is InChI=1S/C16H15Cl2N3O3/c1-20(2)15-6-5-12(21(23)24)8-13(15)16(22)19-9-10-3-4-11(17)7-14(10)18/h3-8H,9H2,1-2H3,(H,19,22). The third kappa shape index (κ3) is 4.15. The molecule has 2 aromatic rings. The Balaban J connectivity index is 2.24. The molecule has 0 atom stereocenters. The molecule has 0 aliphatic carbocycles. The fourth-order valence-corrected chi connectivity index (χ4v) is 2.62.